The fourth-order valence-corrected chi connectivity index (χ4v) is 2.87. The first-order valence-corrected chi connectivity index (χ1v) is 9.44. The molecule has 1 atom stereocenters. The minimum Gasteiger partial charge on any atom is -0.429 e. The minimum atomic E-state index is -0.902. The van der Waals surface area contributed by atoms with Crippen molar-refractivity contribution in [2.45, 2.75) is 40.2 Å². The normalized spacial score (nSPS) is 11.7. The second kappa shape index (κ2) is 10.4. The first kappa shape index (κ1) is 22.1. The maximum atomic E-state index is 12.3. The van der Waals surface area contributed by atoms with Crippen LogP contribution in [0.15, 0.2) is 48.5 Å². The molecular formula is C22H25NO6. The van der Waals surface area contributed by atoms with Crippen molar-refractivity contribution in [3.8, 4) is 5.75 Å². The Morgan fingerprint density at radius 3 is 2.10 bits per heavy atom. The summed E-state index contributed by atoms with van der Waals surface area (Å²) >= 11 is 0. The molecule has 0 aliphatic heterocycles. The Balaban J connectivity index is 1.81. The second-order valence-electron chi connectivity index (χ2n) is 7.38. The largest absolute Gasteiger partial charge is 0.514 e. The number of Topliss-reactive ketones (excluding diaryl/α,β-unsaturated/α-hetero) is 1. The Morgan fingerprint density at radius 2 is 1.55 bits per heavy atom. The van der Waals surface area contributed by atoms with Crippen molar-refractivity contribution in [2.24, 2.45) is 11.8 Å². The van der Waals surface area contributed by atoms with E-state index in [0.717, 1.165) is 17.5 Å². The number of rotatable bonds is 9. The Morgan fingerprint density at radius 1 is 0.966 bits per heavy atom. The van der Waals surface area contributed by atoms with Gasteiger partial charge in [0.2, 0.25) is 0 Å². The third kappa shape index (κ3) is 7.37. The van der Waals surface area contributed by atoms with Crippen molar-refractivity contribution in [3.63, 3.8) is 0 Å². The monoisotopic (exact) mass is 399 g/mol. The van der Waals surface area contributed by atoms with Gasteiger partial charge in [-0.3, -0.25) is 14.9 Å². The number of nitrogens with zero attached hydrogens (tertiary/aromatic N) is 1. The number of carbonyl (C=O) groups excluding carboxylic acids is 2. The summed E-state index contributed by atoms with van der Waals surface area (Å²) in [5.41, 5.74) is 1.59. The van der Waals surface area contributed by atoms with E-state index in [1.807, 2.05) is 19.1 Å². The van der Waals surface area contributed by atoms with Crippen LogP contribution in [0.4, 0.5) is 10.5 Å². The summed E-state index contributed by atoms with van der Waals surface area (Å²) in [6, 6.07) is 12.4. The van der Waals surface area contributed by atoms with Gasteiger partial charge in [0.1, 0.15) is 18.1 Å². The number of nitro benzene ring substituents is 1. The lowest BCUT2D eigenvalue weighted by molar-refractivity contribution is -0.384. The van der Waals surface area contributed by atoms with Crippen LogP contribution in [-0.4, -0.2) is 16.9 Å². The van der Waals surface area contributed by atoms with E-state index in [0.29, 0.717) is 12.3 Å². The van der Waals surface area contributed by atoms with Gasteiger partial charge in [-0.2, -0.15) is 0 Å². The topological polar surface area (TPSA) is 95.7 Å². The summed E-state index contributed by atoms with van der Waals surface area (Å²) in [5.74, 6) is 0.894. The first-order valence-electron chi connectivity index (χ1n) is 9.44. The van der Waals surface area contributed by atoms with Crippen LogP contribution >= 0.6 is 0 Å². The summed E-state index contributed by atoms with van der Waals surface area (Å²) in [4.78, 5) is 34.1. The van der Waals surface area contributed by atoms with Crippen LogP contribution in [0.5, 0.6) is 5.75 Å². The van der Waals surface area contributed by atoms with E-state index < -0.39 is 11.1 Å². The van der Waals surface area contributed by atoms with Crippen LogP contribution < -0.4 is 4.74 Å². The van der Waals surface area contributed by atoms with Crippen molar-refractivity contribution in [1.29, 1.82) is 0 Å². The van der Waals surface area contributed by atoms with Gasteiger partial charge in [-0.25, -0.2) is 4.79 Å². The molecule has 0 amide bonds. The van der Waals surface area contributed by atoms with E-state index in [2.05, 4.69) is 13.8 Å². The molecule has 7 nitrogen and oxygen atoms in total. The molecule has 0 spiro atoms. The SMILES string of the molecule is CC(C)C[C@H](C)C(=O)Cc1ccc(COC(=O)Oc2ccc([N+](=O)[O-])cc2)cc1. The van der Waals surface area contributed by atoms with Gasteiger partial charge in [0.15, 0.2) is 0 Å². The van der Waals surface area contributed by atoms with E-state index in [1.165, 1.54) is 24.3 Å². The van der Waals surface area contributed by atoms with E-state index in [1.54, 1.807) is 12.1 Å². The quantitative estimate of drug-likeness (QED) is 0.252. The molecule has 0 N–H and O–H groups in total. The average molecular weight is 399 g/mol. The molecule has 0 radical (unpaired) electrons. The van der Waals surface area contributed by atoms with Gasteiger partial charge >= 0.3 is 6.16 Å². The Bertz CT molecular complexity index is 843. The molecule has 2 aromatic rings. The maximum absolute atomic E-state index is 12.3. The van der Waals surface area contributed by atoms with Crippen molar-refractivity contribution >= 4 is 17.6 Å². The molecule has 2 aromatic carbocycles. The number of benzene rings is 2. The molecule has 0 heterocycles. The smallest absolute Gasteiger partial charge is 0.429 e. The summed E-state index contributed by atoms with van der Waals surface area (Å²) in [6.07, 6.45) is 0.361. The molecule has 0 unspecified atom stereocenters. The van der Waals surface area contributed by atoms with E-state index in [-0.39, 0.29) is 29.7 Å². The zero-order chi connectivity index (χ0) is 21.4. The van der Waals surface area contributed by atoms with Gasteiger partial charge < -0.3 is 9.47 Å². The molecule has 29 heavy (non-hydrogen) atoms. The van der Waals surface area contributed by atoms with Gasteiger partial charge in [0.05, 0.1) is 4.92 Å². The van der Waals surface area contributed by atoms with Crippen LogP contribution in [0.2, 0.25) is 0 Å². The van der Waals surface area contributed by atoms with Gasteiger partial charge in [0, 0.05) is 24.5 Å². The lowest BCUT2D eigenvalue weighted by atomic mass is 9.91. The van der Waals surface area contributed by atoms with E-state index in [4.69, 9.17) is 9.47 Å². The number of carbonyl (C=O) groups is 2. The van der Waals surface area contributed by atoms with Crippen LogP contribution in [-0.2, 0) is 22.6 Å². The second-order valence-corrected chi connectivity index (χ2v) is 7.38. The molecule has 0 aliphatic rings. The van der Waals surface area contributed by atoms with Crippen molar-refractivity contribution in [3.05, 3.63) is 69.8 Å². The molecule has 154 valence electrons. The summed E-state index contributed by atoms with van der Waals surface area (Å²) < 4.78 is 10.0. The maximum Gasteiger partial charge on any atom is 0.514 e. The molecule has 0 bridgehead atoms. The van der Waals surface area contributed by atoms with Crippen LogP contribution in [0, 0.1) is 22.0 Å². The third-order valence-corrected chi connectivity index (χ3v) is 4.38. The zero-order valence-corrected chi connectivity index (χ0v) is 16.8. The van der Waals surface area contributed by atoms with Crippen molar-refractivity contribution in [1.82, 2.24) is 0 Å². The van der Waals surface area contributed by atoms with Gasteiger partial charge in [0.25, 0.3) is 5.69 Å². The van der Waals surface area contributed by atoms with Gasteiger partial charge in [-0.1, -0.05) is 45.0 Å². The Hall–Kier alpha value is -3.22. The molecular weight excluding hydrogens is 374 g/mol. The van der Waals surface area contributed by atoms with E-state index in [9.17, 15) is 19.7 Å². The number of non-ortho nitro benzene ring substituents is 1. The highest BCUT2D eigenvalue weighted by Gasteiger charge is 2.15. The van der Waals surface area contributed by atoms with Crippen molar-refractivity contribution in [2.75, 3.05) is 0 Å². The fraction of sp³-hybridized carbons (Fsp3) is 0.364. The third-order valence-electron chi connectivity index (χ3n) is 4.38. The lowest BCUT2D eigenvalue weighted by Crippen LogP contribution is -2.15. The van der Waals surface area contributed by atoms with Gasteiger partial charge in [-0.15, -0.1) is 0 Å². The highest BCUT2D eigenvalue weighted by atomic mass is 16.7. The highest BCUT2D eigenvalue weighted by molar-refractivity contribution is 5.82. The number of nitro groups is 1. The fourth-order valence-electron chi connectivity index (χ4n) is 2.87. The van der Waals surface area contributed by atoms with Crippen LogP contribution in [0.3, 0.4) is 0 Å². The summed E-state index contributed by atoms with van der Waals surface area (Å²) in [7, 11) is 0. The van der Waals surface area contributed by atoms with Gasteiger partial charge in [-0.05, 0) is 35.6 Å². The average Bonchev–Trinajstić information content (AvgIpc) is 2.67. The molecule has 0 fully saturated rings. The standard InChI is InChI=1S/C22H25NO6/c1-15(2)12-16(3)21(24)13-17-4-6-18(7-5-17)14-28-22(25)29-20-10-8-19(9-11-20)23(26)27/h4-11,15-16H,12-14H2,1-3H3/t16-/m0/s1. The molecule has 7 heteroatoms. The van der Waals surface area contributed by atoms with Crippen LogP contribution in [0.1, 0.15) is 38.3 Å². The zero-order valence-electron chi connectivity index (χ0n) is 16.8. The summed E-state index contributed by atoms with van der Waals surface area (Å²) in [5, 5.41) is 10.6. The molecule has 0 saturated heterocycles. The molecule has 0 aromatic heterocycles. The summed E-state index contributed by atoms with van der Waals surface area (Å²) in [6.45, 7) is 6.18. The first-order chi connectivity index (χ1) is 13.7. The van der Waals surface area contributed by atoms with Crippen molar-refractivity contribution < 1.29 is 24.0 Å². The van der Waals surface area contributed by atoms with Crippen LogP contribution in [0.25, 0.3) is 0 Å². The molecule has 0 aliphatic carbocycles. The Kier molecular flexibility index (Phi) is 7.88. The minimum absolute atomic E-state index is 0.0177. The molecule has 2 rings (SSSR count). The number of ether oxygens (including phenoxy) is 2. The highest BCUT2D eigenvalue weighted by Crippen LogP contribution is 2.18. The molecule has 0 saturated carbocycles. The predicted molar refractivity (Wildman–Crippen MR) is 108 cm³/mol. The van der Waals surface area contributed by atoms with E-state index >= 15 is 0 Å². The number of hydrogen-bond donors (Lipinski definition) is 0. The number of hydrogen-bond acceptors (Lipinski definition) is 6. The predicted octanol–water partition coefficient (Wildman–Crippen LogP) is 5.10. The lowest BCUT2D eigenvalue weighted by Gasteiger charge is -2.13. The number of ketones is 1. The Labute approximate surface area is 169 Å².